The van der Waals surface area contributed by atoms with E-state index in [1.807, 2.05) is 78.5 Å². The zero-order valence-corrected chi connectivity index (χ0v) is 16.0. The molecule has 5 heteroatoms. The van der Waals surface area contributed by atoms with Crippen LogP contribution in [0.25, 0.3) is 0 Å². The molecule has 1 aliphatic rings. The highest BCUT2D eigenvalue weighted by molar-refractivity contribution is 5.79. The molecular weight excluding hydrogens is 340 g/mol. The van der Waals surface area contributed by atoms with Crippen LogP contribution in [0.4, 0.5) is 0 Å². The van der Waals surface area contributed by atoms with E-state index in [0.717, 1.165) is 16.7 Å². The average molecular weight is 368 g/mol. The first-order chi connectivity index (χ1) is 12.9. The third-order valence-electron chi connectivity index (χ3n) is 5.52. The summed E-state index contributed by atoms with van der Waals surface area (Å²) >= 11 is 0. The number of aliphatic hydroxyl groups is 2. The van der Waals surface area contributed by atoms with Gasteiger partial charge in [0.15, 0.2) is 0 Å². The summed E-state index contributed by atoms with van der Waals surface area (Å²) in [5, 5.41) is 20.6. The molecule has 2 atom stereocenters. The molecule has 0 unspecified atom stereocenters. The molecule has 2 aromatic carbocycles. The van der Waals surface area contributed by atoms with Gasteiger partial charge in [0.25, 0.3) is 0 Å². The molecule has 1 amide bonds. The lowest BCUT2D eigenvalue weighted by Crippen LogP contribution is -2.60. The van der Waals surface area contributed by atoms with Gasteiger partial charge >= 0.3 is 0 Å². The number of piperidine rings is 1. The molecule has 5 nitrogen and oxygen atoms in total. The molecule has 0 bridgehead atoms. The lowest BCUT2D eigenvalue weighted by Gasteiger charge is -2.47. The summed E-state index contributed by atoms with van der Waals surface area (Å²) in [4.78, 5) is 16.7. The van der Waals surface area contributed by atoms with E-state index in [1.165, 1.54) is 0 Å². The van der Waals surface area contributed by atoms with Crippen molar-refractivity contribution in [2.24, 2.45) is 0 Å². The monoisotopic (exact) mass is 368 g/mol. The Morgan fingerprint density at radius 2 is 1.74 bits per heavy atom. The Kier molecular flexibility index (Phi) is 5.95. The summed E-state index contributed by atoms with van der Waals surface area (Å²) in [7, 11) is 3.89. The molecule has 0 radical (unpaired) electrons. The van der Waals surface area contributed by atoms with Crippen LogP contribution in [0.3, 0.4) is 0 Å². The summed E-state index contributed by atoms with van der Waals surface area (Å²) in [5.74, 6) is 0.0636. The third-order valence-corrected chi connectivity index (χ3v) is 5.52. The maximum absolute atomic E-state index is 12.8. The van der Waals surface area contributed by atoms with Crippen molar-refractivity contribution in [3.05, 3.63) is 71.3 Å². The smallest absolute Gasteiger partial charge is 0.227 e. The van der Waals surface area contributed by atoms with Crippen LogP contribution in [-0.2, 0) is 23.4 Å². The number of carbonyl (C=O) groups is 1. The van der Waals surface area contributed by atoms with Crippen molar-refractivity contribution in [1.82, 2.24) is 9.80 Å². The van der Waals surface area contributed by atoms with Crippen LogP contribution in [0.2, 0.25) is 0 Å². The second-order valence-corrected chi connectivity index (χ2v) is 7.51. The number of likely N-dealkylation sites (N-methyl/N-ethyl adjacent to an activating group) is 1. The maximum Gasteiger partial charge on any atom is 0.227 e. The molecule has 1 saturated heterocycles. The molecule has 0 spiro atoms. The fourth-order valence-electron chi connectivity index (χ4n) is 3.85. The standard InChI is InChI=1S/C22H28N2O3/c1-23(2)20-15-24(13-12-22(20,27)19-6-4-3-5-7-19)21(26)14-17-8-10-18(16-25)11-9-17/h3-11,20,25,27H,12-16H2,1-2H3/t20-,22+/m1/s1. The van der Waals surface area contributed by atoms with E-state index in [9.17, 15) is 9.90 Å². The molecule has 2 aromatic rings. The van der Waals surface area contributed by atoms with Gasteiger partial charge in [-0.1, -0.05) is 54.6 Å². The van der Waals surface area contributed by atoms with Crippen LogP contribution < -0.4 is 0 Å². The number of hydrogen-bond donors (Lipinski definition) is 2. The Morgan fingerprint density at radius 3 is 2.33 bits per heavy atom. The van der Waals surface area contributed by atoms with E-state index in [1.54, 1.807) is 0 Å². The first-order valence-electron chi connectivity index (χ1n) is 9.35. The van der Waals surface area contributed by atoms with Gasteiger partial charge in [-0.25, -0.2) is 0 Å². The van der Waals surface area contributed by atoms with Gasteiger partial charge in [-0.2, -0.15) is 0 Å². The number of carbonyl (C=O) groups excluding carboxylic acids is 1. The molecule has 0 aromatic heterocycles. The first kappa shape index (κ1) is 19.5. The molecular formula is C22H28N2O3. The molecule has 1 fully saturated rings. The number of nitrogens with zero attached hydrogens (tertiary/aromatic N) is 2. The first-order valence-corrected chi connectivity index (χ1v) is 9.35. The van der Waals surface area contributed by atoms with Crippen LogP contribution in [0.5, 0.6) is 0 Å². The van der Waals surface area contributed by atoms with Crippen LogP contribution in [-0.4, -0.2) is 59.1 Å². The molecule has 0 aliphatic carbocycles. The Labute approximate surface area is 160 Å². The second kappa shape index (κ2) is 8.21. The number of rotatable bonds is 5. The van der Waals surface area contributed by atoms with Crippen LogP contribution in [0, 0.1) is 0 Å². The number of amides is 1. The van der Waals surface area contributed by atoms with Gasteiger partial charge in [0, 0.05) is 13.1 Å². The van der Waals surface area contributed by atoms with Crippen molar-refractivity contribution in [2.75, 3.05) is 27.2 Å². The number of benzene rings is 2. The minimum absolute atomic E-state index is 0.00291. The van der Waals surface area contributed by atoms with Gasteiger partial charge in [0.1, 0.15) is 5.60 Å². The summed E-state index contributed by atoms with van der Waals surface area (Å²) in [6.07, 6.45) is 0.838. The summed E-state index contributed by atoms with van der Waals surface area (Å²) in [6.45, 7) is 1.03. The van der Waals surface area contributed by atoms with Gasteiger partial charge in [0.2, 0.25) is 5.91 Å². The van der Waals surface area contributed by atoms with Crippen molar-refractivity contribution in [3.8, 4) is 0 Å². The average Bonchev–Trinajstić information content (AvgIpc) is 2.69. The van der Waals surface area contributed by atoms with Gasteiger partial charge in [-0.05, 0) is 37.2 Å². The van der Waals surface area contributed by atoms with Crippen LogP contribution in [0.1, 0.15) is 23.1 Å². The number of hydrogen-bond acceptors (Lipinski definition) is 4. The predicted molar refractivity (Wildman–Crippen MR) is 105 cm³/mol. The fourth-order valence-corrected chi connectivity index (χ4v) is 3.85. The van der Waals surface area contributed by atoms with E-state index >= 15 is 0 Å². The molecule has 27 heavy (non-hydrogen) atoms. The molecule has 1 heterocycles. The Bertz CT molecular complexity index is 761. The highest BCUT2D eigenvalue weighted by Crippen LogP contribution is 2.35. The topological polar surface area (TPSA) is 64.0 Å². The Balaban J connectivity index is 1.73. The van der Waals surface area contributed by atoms with E-state index < -0.39 is 5.60 Å². The minimum atomic E-state index is -0.968. The zero-order valence-electron chi connectivity index (χ0n) is 16.0. The molecule has 2 N–H and O–H groups in total. The van der Waals surface area contributed by atoms with Gasteiger partial charge in [0.05, 0.1) is 19.1 Å². The Morgan fingerprint density at radius 1 is 1.11 bits per heavy atom. The highest BCUT2D eigenvalue weighted by atomic mass is 16.3. The normalized spacial score (nSPS) is 22.9. The van der Waals surface area contributed by atoms with E-state index in [-0.39, 0.29) is 18.6 Å². The molecule has 1 aliphatic heterocycles. The Hall–Kier alpha value is -2.21. The van der Waals surface area contributed by atoms with Crippen molar-refractivity contribution in [3.63, 3.8) is 0 Å². The van der Waals surface area contributed by atoms with E-state index in [2.05, 4.69) is 0 Å². The molecule has 144 valence electrons. The largest absolute Gasteiger partial charge is 0.392 e. The van der Waals surface area contributed by atoms with Crippen LogP contribution in [0.15, 0.2) is 54.6 Å². The van der Waals surface area contributed by atoms with Crippen LogP contribution >= 0.6 is 0 Å². The zero-order chi connectivity index (χ0) is 19.4. The molecule has 3 rings (SSSR count). The SMILES string of the molecule is CN(C)[C@@H]1CN(C(=O)Cc2ccc(CO)cc2)CC[C@]1(O)c1ccccc1. The van der Waals surface area contributed by atoms with Gasteiger partial charge < -0.3 is 20.0 Å². The van der Waals surface area contributed by atoms with Crippen molar-refractivity contribution < 1.29 is 15.0 Å². The van der Waals surface area contributed by atoms with Crippen molar-refractivity contribution in [2.45, 2.75) is 31.1 Å². The van der Waals surface area contributed by atoms with Gasteiger partial charge in [-0.3, -0.25) is 4.79 Å². The highest BCUT2D eigenvalue weighted by Gasteiger charge is 2.44. The lowest BCUT2D eigenvalue weighted by molar-refractivity contribution is -0.141. The number of aliphatic hydroxyl groups excluding tert-OH is 1. The third kappa shape index (κ3) is 4.21. The summed E-state index contributed by atoms with van der Waals surface area (Å²) < 4.78 is 0. The number of likely N-dealkylation sites (tertiary alicyclic amines) is 1. The second-order valence-electron chi connectivity index (χ2n) is 7.51. The van der Waals surface area contributed by atoms with Gasteiger partial charge in [-0.15, -0.1) is 0 Å². The van der Waals surface area contributed by atoms with Crippen molar-refractivity contribution in [1.29, 1.82) is 0 Å². The quantitative estimate of drug-likeness (QED) is 0.844. The fraction of sp³-hybridized carbons (Fsp3) is 0.409. The maximum atomic E-state index is 12.8. The van der Waals surface area contributed by atoms with Crippen molar-refractivity contribution >= 4 is 5.91 Å². The van der Waals surface area contributed by atoms with E-state index in [4.69, 9.17) is 5.11 Å². The lowest BCUT2D eigenvalue weighted by atomic mass is 9.79. The van der Waals surface area contributed by atoms with E-state index in [0.29, 0.717) is 25.9 Å². The minimum Gasteiger partial charge on any atom is -0.392 e. The predicted octanol–water partition coefficient (Wildman–Crippen LogP) is 1.77. The molecule has 0 saturated carbocycles. The summed E-state index contributed by atoms with van der Waals surface area (Å²) in [6, 6.07) is 17.0. The summed E-state index contributed by atoms with van der Waals surface area (Å²) in [5.41, 5.74) is 1.70.